The Balaban J connectivity index is 1.97. The lowest BCUT2D eigenvalue weighted by Crippen LogP contribution is -2.23. The second kappa shape index (κ2) is 8.15. The highest BCUT2D eigenvalue weighted by Crippen LogP contribution is 2.33. The number of hydrogen-bond donors (Lipinski definition) is 1. The van der Waals surface area contributed by atoms with Gasteiger partial charge in [-0.05, 0) is 48.8 Å². The first kappa shape index (κ1) is 18.8. The molecule has 6 heteroatoms. The van der Waals surface area contributed by atoms with Crippen LogP contribution in [0, 0.1) is 11.3 Å². The SMILES string of the molecule is CCCOC(=O)NC1=CC=C(c2c(C#N)c3cc(Cl)ccc3n2C)CC=C1. The van der Waals surface area contributed by atoms with E-state index in [9.17, 15) is 10.1 Å². The Morgan fingerprint density at radius 2 is 2.22 bits per heavy atom. The Morgan fingerprint density at radius 3 is 2.96 bits per heavy atom. The van der Waals surface area contributed by atoms with Crippen molar-refractivity contribution in [3.8, 4) is 6.07 Å². The highest BCUT2D eigenvalue weighted by molar-refractivity contribution is 6.31. The monoisotopic (exact) mass is 381 g/mol. The number of halogens is 1. The van der Waals surface area contributed by atoms with Crippen molar-refractivity contribution in [2.75, 3.05) is 6.61 Å². The van der Waals surface area contributed by atoms with Gasteiger partial charge in [0.1, 0.15) is 6.07 Å². The van der Waals surface area contributed by atoms with Crippen LogP contribution >= 0.6 is 11.6 Å². The minimum atomic E-state index is -0.471. The maximum atomic E-state index is 11.7. The molecule has 0 spiro atoms. The maximum absolute atomic E-state index is 11.7. The van der Waals surface area contributed by atoms with Crippen LogP contribution in [0.3, 0.4) is 0 Å². The van der Waals surface area contributed by atoms with Crippen LogP contribution < -0.4 is 5.32 Å². The normalized spacial score (nSPS) is 13.6. The molecule has 0 radical (unpaired) electrons. The number of nitriles is 1. The van der Waals surface area contributed by atoms with Gasteiger partial charge in [0.05, 0.1) is 17.9 Å². The van der Waals surface area contributed by atoms with Gasteiger partial charge in [-0.3, -0.25) is 5.32 Å². The predicted octanol–water partition coefficient (Wildman–Crippen LogP) is 5.07. The van der Waals surface area contributed by atoms with Gasteiger partial charge in [-0.2, -0.15) is 5.26 Å². The fourth-order valence-electron chi connectivity index (χ4n) is 3.14. The number of rotatable bonds is 4. The number of benzene rings is 1. The van der Waals surface area contributed by atoms with Gasteiger partial charge in [-0.15, -0.1) is 0 Å². The van der Waals surface area contributed by atoms with E-state index in [1.165, 1.54) is 0 Å². The van der Waals surface area contributed by atoms with E-state index in [1.807, 2.05) is 61.0 Å². The van der Waals surface area contributed by atoms with E-state index in [0.717, 1.165) is 28.6 Å². The summed E-state index contributed by atoms with van der Waals surface area (Å²) in [6.07, 6.45) is 8.47. The fraction of sp³-hybridized carbons (Fsp3) is 0.238. The van der Waals surface area contributed by atoms with Crippen molar-refractivity contribution in [3.63, 3.8) is 0 Å². The number of aromatic nitrogens is 1. The molecule has 1 aliphatic rings. The molecule has 0 aliphatic heterocycles. The first-order valence-corrected chi connectivity index (χ1v) is 9.12. The van der Waals surface area contributed by atoms with Gasteiger partial charge in [0.15, 0.2) is 0 Å². The summed E-state index contributed by atoms with van der Waals surface area (Å²) in [7, 11) is 1.94. The number of nitrogens with one attached hydrogen (secondary N) is 1. The Labute approximate surface area is 163 Å². The molecular weight excluding hydrogens is 362 g/mol. The number of hydrogen-bond acceptors (Lipinski definition) is 3. The van der Waals surface area contributed by atoms with Crippen LogP contribution in [-0.4, -0.2) is 17.3 Å². The number of aryl methyl sites for hydroxylation is 1. The first-order chi connectivity index (χ1) is 13.0. The summed E-state index contributed by atoms with van der Waals surface area (Å²) in [6, 6.07) is 7.87. The summed E-state index contributed by atoms with van der Waals surface area (Å²) in [5, 5.41) is 13.9. The van der Waals surface area contributed by atoms with Crippen molar-refractivity contribution in [2.45, 2.75) is 19.8 Å². The van der Waals surface area contributed by atoms with Crippen molar-refractivity contribution in [3.05, 3.63) is 64.5 Å². The van der Waals surface area contributed by atoms with Crippen LogP contribution in [0.25, 0.3) is 16.5 Å². The number of carbonyl (C=O) groups is 1. The van der Waals surface area contributed by atoms with E-state index in [1.54, 1.807) is 0 Å². The molecular formula is C21H20ClN3O2. The maximum Gasteiger partial charge on any atom is 0.411 e. The second-order valence-corrected chi connectivity index (χ2v) is 6.67. The topological polar surface area (TPSA) is 67.0 Å². The average Bonchev–Trinajstić information content (AvgIpc) is 2.79. The van der Waals surface area contributed by atoms with Crippen molar-refractivity contribution in [2.24, 2.45) is 7.05 Å². The van der Waals surface area contributed by atoms with E-state index < -0.39 is 6.09 Å². The standard InChI is InChI=1S/C21H20ClN3O2/c1-3-11-27-21(26)24-16-6-4-5-14(7-9-16)20-18(13-23)17-12-15(22)8-10-19(17)25(20)2/h4,6-10,12H,3,5,11H2,1-2H3,(H,24,26). The van der Waals surface area contributed by atoms with Crippen LogP contribution in [0.2, 0.25) is 5.02 Å². The summed E-state index contributed by atoms with van der Waals surface area (Å²) >= 11 is 6.12. The van der Waals surface area contributed by atoms with Crippen molar-refractivity contribution < 1.29 is 9.53 Å². The number of carbonyl (C=O) groups excluding carboxylic acids is 1. The summed E-state index contributed by atoms with van der Waals surface area (Å²) in [5.74, 6) is 0. The van der Waals surface area contributed by atoms with E-state index in [-0.39, 0.29) is 0 Å². The van der Waals surface area contributed by atoms with Gasteiger partial charge in [-0.1, -0.05) is 30.7 Å². The molecule has 3 rings (SSSR count). The lowest BCUT2D eigenvalue weighted by atomic mass is 10.0. The molecule has 0 atom stereocenters. The molecule has 0 saturated heterocycles. The van der Waals surface area contributed by atoms with Crippen molar-refractivity contribution in [1.82, 2.24) is 9.88 Å². The quantitative estimate of drug-likeness (QED) is 0.804. The summed E-state index contributed by atoms with van der Waals surface area (Å²) < 4.78 is 7.05. The predicted molar refractivity (Wildman–Crippen MR) is 107 cm³/mol. The molecule has 1 heterocycles. The number of alkyl carbamates (subject to hydrolysis) is 1. The molecule has 1 N–H and O–H groups in total. The molecule has 5 nitrogen and oxygen atoms in total. The Bertz CT molecular complexity index is 1020. The van der Waals surface area contributed by atoms with Crippen molar-refractivity contribution >= 4 is 34.2 Å². The van der Waals surface area contributed by atoms with E-state index >= 15 is 0 Å². The molecule has 1 amide bonds. The molecule has 0 fully saturated rings. The van der Waals surface area contributed by atoms with Gasteiger partial charge in [0, 0.05) is 28.7 Å². The van der Waals surface area contributed by atoms with Gasteiger partial charge in [0.2, 0.25) is 0 Å². The number of nitrogens with zero attached hydrogens (tertiary/aromatic N) is 2. The zero-order chi connectivity index (χ0) is 19.4. The van der Waals surface area contributed by atoms with E-state index in [0.29, 0.717) is 29.3 Å². The Morgan fingerprint density at radius 1 is 1.41 bits per heavy atom. The minimum absolute atomic E-state index is 0.383. The van der Waals surface area contributed by atoms with Crippen LogP contribution in [0.1, 0.15) is 31.0 Å². The number of amides is 1. The Kier molecular flexibility index (Phi) is 5.68. The van der Waals surface area contributed by atoms with Gasteiger partial charge >= 0.3 is 6.09 Å². The van der Waals surface area contributed by atoms with Crippen molar-refractivity contribution in [1.29, 1.82) is 5.26 Å². The number of allylic oxidation sites excluding steroid dienone is 5. The highest BCUT2D eigenvalue weighted by Gasteiger charge is 2.18. The van der Waals surface area contributed by atoms with Crippen LogP contribution in [0.5, 0.6) is 0 Å². The highest BCUT2D eigenvalue weighted by atomic mass is 35.5. The number of ether oxygens (including phenoxy) is 1. The fourth-order valence-corrected chi connectivity index (χ4v) is 3.31. The second-order valence-electron chi connectivity index (χ2n) is 6.24. The summed E-state index contributed by atoms with van der Waals surface area (Å²) in [5.41, 5.74) is 4.03. The smallest absolute Gasteiger partial charge is 0.411 e. The molecule has 138 valence electrons. The zero-order valence-electron chi connectivity index (χ0n) is 15.3. The minimum Gasteiger partial charge on any atom is -0.449 e. The lowest BCUT2D eigenvalue weighted by molar-refractivity contribution is 0.149. The van der Waals surface area contributed by atoms with Gasteiger partial charge < -0.3 is 9.30 Å². The summed E-state index contributed by atoms with van der Waals surface area (Å²) in [4.78, 5) is 11.7. The molecule has 2 aromatic rings. The molecule has 1 aromatic carbocycles. The largest absolute Gasteiger partial charge is 0.449 e. The molecule has 1 aliphatic carbocycles. The third-order valence-electron chi connectivity index (χ3n) is 4.36. The number of fused-ring (bicyclic) bond motifs is 1. The third kappa shape index (κ3) is 3.91. The Hall–Kier alpha value is -2.97. The lowest BCUT2D eigenvalue weighted by Gasteiger charge is -2.07. The zero-order valence-corrected chi connectivity index (χ0v) is 16.0. The van der Waals surface area contributed by atoms with Crippen LogP contribution in [0.15, 0.2) is 48.2 Å². The summed E-state index contributed by atoms with van der Waals surface area (Å²) in [6.45, 7) is 2.32. The molecule has 27 heavy (non-hydrogen) atoms. The van der Waals surface area contributed by atoms with Gasteiger partial charge in [-0.25, -0.2) is 4.79 Å². The molecule has 0 saturated carbocycles. The van der Waals surface area contributed by atoms with Gasteiger partial charge in [0.25, 0.3) is 0 Å². The molecule has 0 bridgehead atoms. The third-order valence-corrected chi connectivity index (χ3v) is 4.60. The molecule has 1 aromatic heterocycles. The van der Waals surface area contributed by atoms with E-state index in [4.69, 9.17) is 16.3 Å². The average molecular weight is 382 g/mol. The van der Waals surface area contributed by atoms with Crippen LogP contribution in [-0.2, 0) is 11.8 Å². The molecule has 0 unspecified atom stereocenters. The van der Waals surface area contributed by atoms with E-state index in [2.05, 4.69) is 11.4 Å². The van der Waals surface area contributed by atoms with Crippen LogP contribution in [0.4, 0.5) is 4.79 Å². The first-order valence-electron chi connectivity index (χ1n) is 8.74.